The normalized spacial score (nSPS) is 12.2. The molecule has 110 valence electrons. The van der Waals surface area contributed by atoms with Crippen LogP contribution in [0.15, 0.2) is 42.7 Å². The number of aryl methyl sites for hydroxylation is 1. The molecule has 0 bridgehead atoms. The maximum Gasteiger partial charge on any atom is 0.246 e. The number of aromatic nitrogens is 1. The first kappa shape index (κ1) is 15.5. The third-order valence-electron chi connectivity index (χ3n) is 3.22. The van der Waals surface area contributed by atoms with Gasteiger partial charge < -0.3 is 5.32 Å². The van der Waals surface area contributed by atoms with Crippen molar-refractivity contribution in [3.63, 3.8) is 0 Å². The molecule has 0 aliphatic rings. The molecule has 0 saturated heterocycles. The van der Waals surface area contributed by atoms with Crippen LogP contribution in [0.3, 0.4) is 0 Å². The van der Waals surface area contributed by atoms with E-state index < -0.39 is 6.04 Å². The first-order valence-electron chi connectivity index (χ1n) is 6.62. The number of nitrogens with one attached hydrogen (secondary N) is 1. The number of amides is 1. The van der Waals surface area contributed by atoms with Crippen LogP contribution in [0, 0.1) is 6.92 Å². The Morgan fingerprint density at radius 3 is 2.71 bits per heavy atom. The third-order valence-corrected chi connectivity index (χ3v) is 3.46. The van der Waals surface area contributed by atoms with E-state index in [4.69, 9.17) is 11.6 Å². The van der Waals surface area contributed by atoms with Crippen LogP contribution in [0.25, 0.3) is 0 Å². The summed E-state index contributed by atoms with van der Waals surface area (Å²) in [7, 11) is 3.73. The van der Waals surface area contributed by atoms with Crippen molar-refractivity contribution in [1.29, 1.82) is 0 Å². The second kappa shape index (κ2) is 6.70. The summed E-state index contributed by atoms with van der Waals surface area (Å²) in [5, 5.41) is 3.53. The molecule has 2 aromatic rings. The molecule has 1 atom stereocenters. The van der Waals surface area contributed by atoms with Crippen LogP contribution in [-0.2, 0) is 4.79 Å². The predicted molar refractivity (Wildman–Crippen MR) is 85.5 cm³/mol. The average Bonchev–Trinajstić information content (AvgIpc) is 2.44. The summed E-state index contributed by atoms with van der Waals surface area (Å²) in [4.78, 5) is 18.5. The molecule has 0 aliphatic carbocycles. The quantitative estimate of drug-likeness (QED) is 0.942. The van der Waals surface area contributed by atoms with Gasteiger partial charge in [0.1, 0.15) is 6.04 Å². The predicted octanol–water partition coefficient (Wildman–Crippen LogP) is 3.28. The second-order valence-electron chi connectivity index (χ2n) is 5.10. The lowest BCUT2D eigenvalue weighted by Gasteiger charge is -2.24. The molecular weight excluding hydrogens is 286 g/mol. The van der Waals surface area contributed by atoms with Crippen molar-refractivity contribution in [1.82, 2.24) is 9.88 Å². The zero-order valence-electron chi connectivity index (χ0n) is 12.3. The summed E-state index contributed by atoms with van der Waals surface area (Å²) in [6.45, 7) is 1.93. The van der Waals surface area contributed by atoms with Crippen LogP contribution in [0.4, 0.5) is 5.69 Å². The molecule has 1 amide bonds. The van der Waals surface area contributed by atoms with Crippen LogP contribution < -0.4 is 5.32 Å². The Morgan fingerprint density at radius 1 is 1.33 bits per heavy atom. The van der Waals surface area contributed by atoms with Gasteiger partial charge in [-0.2, -0.15) is 0 Å². The van der Waals surface area contributed by atoms with E-state index in [-0.39, 0.29) is 5.91 Å². The lowest BCUT2D eigenvalue weighted by Crippen LogP contribution is -2.32. The molecule has 0 spiro atoms. The smallest absolute Gasteiger partial charge is 0.246 e. The summed E-state index contributed by atoms with van der Waals surface area (Å²) < 4.78 is 0. The molecule has 1 heterocycles. The van der Waals surface area contributed by atoms with Gasteiger partial charge in [0.25, 0.3) is 0 Å². The van der Waals surface area contributed by atoms with Crippen molar-refractivity contribution in [2.45, 2.75) is 13.0 Å². The van der Waals surface area contributed by atoms with Gasteiger partial charge in [0.2, 0.25) is 5.91 Å². The largest absolute Gasteiger partial charge is 0.324 e. The number of nitrogens with zero attached hydrogens (tertiary/aromatic N) is 2. The highest BCUT2D eigenvalue weighted by Crippen LogP contribution is 2.24. The SMILES string of the molecule is Cc1ccc(Cl)cc1NC(=O)C(c1cccnc1)N(C)C. The highest BCUT2D eigenvalue weighted by Gasteiger charge is 2.23. The molecule has 4 nitrogen and oxygen atoms in total. The van der Waals surface area contributed by atoms with Gasteiger partial charge >= 0.3 is 0 Å². The Labute approximate surface area is 129 Å². The van der Waals surface area contributed by atoms with Gasteiger partial charge in [-0.05, 0) is 50.3 Å². The number of rotatable bonds is 4. The molecule has 2 rings (SSSR count). The third kappa shape index (κ3) is 3.80. The standard InChI is InChI=1S/C16H18ClN3O/c1-11-6-7-13(17)9-14(11)19-16(21)15(20(2)3)12-5-4-8-18-10-12/h4-10,15H,1-3H3,(H,19,21). The van der Waals surface area contributed by atoms with Gasteiger partial charge in [0, 0.05) is 23.1 Å². The van der Waals surface area contributed by atoms with Crippen molar-refractivity contribution in [2.75, 3.05) is 19.4 Å². The number of hydrogen-bond donors (Lipinski definition) is 1. The zero-order valence-corrected chi connectivity index (χ0v) is 13.1. The molecule has 1 N–H and O–H groups in total. The average molecular weight is 304 g/mol. The maximum absolute atomic E-state index is 12.6. The van der Waals surface area contributed by atoms with Crippen molar-refractivity contribution in [2.24, 2.45) is 0 Å². The molecule has 0 aliphatic heterocycles. The van der Waals surface area contributed by atoms with Gasteiger partial charge in [-0.3, -0.25) is 14.7 Å². The molecule has 1 aromatic heterocycles. The van der Waals surface area contributed by atoms with E-state index in [0.717, 1.165) is 16.8 Å². The summed E-state index contributed by atoms with van der Waals surface area (Å²) in [6, 6.07) is 8.75. The van der Waals surface area contributed by atoms with E-state index in [0.29, 0.717) is 5.02 Å². The second-order valence-corrected chi connectivity index (χ2v) is 5.54. The molecule has 0 saturated carbocycles. The highest BCUT2D eigenvalue weighted by molar-refractivity contribution is 6.31. The number of carbonyl (C=O) groups excluding carboxylic acids is 1. The number of hydrogen-bond acceptors (Lipinski definition) is 3. The van der Waals surface area contributed by atoms with Gasteiger partial charge in [0.15, 0.2) is 0 Å². The van der Waals surface area contributed by atoms with Crippen LogP contribution in [0.1, 0.15) is 17.2 Å². The van der Waals surface area contributed by atoms with Crippen LogP contribution >= 0.6 is 11.6 Å². The van der Waals surface area contributed by atoms with E-state index >= 15 is 0 Å². The number of benzene rings is 1. The van der Waals surface area contributed by atoms with Gasteiger partial charge in [-0.1, -0.05) is 23.7 Å². The number of pyridine rings is 1. The number of halogens is 1. The maximum atomic E-state index is 12.6. The minimum Gasteiger partial charge on any atom is -0.324 e. The van der Waals surface area contributed by atoms with Crippen LogP contribution in [0.2, 0.25) is 5.02 Å². The minimum absolute atomic E-state index is 0.113. The number of anilines is 1. The zero-order chi connectivity index (χ0) is 15.4. The minimum atomic E-state index is -0.405. The molecular formula is C16H18ClN3O. The van der Waals surface area contributed by atoms with Crippen molar-refractivity contribution in [3.05, 3.63) is 58.9 Å². The molecule has 0 fully saturated rings. The monoisotopic (exact) mass is 303 g/mol. The Balaban J connectivity index is 2.26. The molecule has 1 unspecified atom stereocenters. The molecule has 5 heteroatoms. The fourth-order valence-corrected chi connectivity index (χ4v) is 2.32. The van der Waals surface area contributed by atoms with Crippen molar-refractivity contribution in [3.8, 4) is 0 Å². The fraction of sp³-hybridized carbons (Fsp3) is 0.250. The lowest BCUT2D eigenvalue weighted by molar-refractivity contribution is -0.120. The lowest BCUT2D eigenvalue weighted by atomic mass is 10.1. The van der Waals surface area contributed by atoms with Crippen LogP contribution in [0.5, 0.6) is 0 Å². The Kier molecular flexibility index (Phi) is 4.94. The molecule has 21 heavy (non-hydrogen) atoms. The van der Waals surface area contributed by atoms with Crippen molar-refractivity contribution < 1.29 is 4.79 Å². The van der Waals surface area contributed by atoms with Gasteiger partial charge in [-0.25, -0.2) is 0 Å². The van der Waals surface area contributed by atoms with E-state index in [2.05, 4.69) is 10.3 Å². The van der Waals surface area contributed by atoms with Crippen molar-refractivity contribution >= 4 is 23.2 Å². The first-order valence-corrected chi connectivity index (χ1v) is 7.00. The highest BCUT2D eigenvalue weighted by atomic mass is 35.5. The molecule has 1 aromatic carbocycles. The number of likely N-dealkylation sites (N-methyl/N-ethyl adjacent to an activating group) is 1. The summed E-state index contributed by atoms with van der Waals surface area (Å²) in [6.07, 6.45) is 3.39. The number of carbonyl (C=O) groups is 1. The Morgan fingerprint density at radius 2 is 2.10 bits per heavy atom. The summed E-state index contributed by atoms with van der Waals surface area (Å²) in [5.41, 5.74) is 2.54. The van der Waals surface area contributed by atoms with Gasteiger partial charge in [0.05, 0.1) is 0 Å². The fourth-order valence-electron chi connectivity index (χ4n) is 2.15. The summed E-state index contributed by atoms with van der Waals surface area (Å²) >= 11 is 5.99. The van der Waals surface area contributed by atoms with Gasteiger partial charge in [-0.15, -0.1) is 0 Å². The Hall–Kier alpha value is -1.91. The molecule has 0 radical (unpaired) electrons. The van der Waals surface area contributed by atoms with E-state index in [9.17, 15) is 4.79 Å². The first-order chi connectivity index (χ1) is 9.99. The van der Waals surface area contributed by atoms with E-state index in [1.165, 1.54) is 0 Å². The topological polar surface area (TPSA) is 45.2 Å². The summed E-state index contributed by atoms with van der Waals surface area (Å²) in [5.74, 6) is -0.113. The van der Waals surface area contributed by atoms with Crippen LogP contribution in [-0.4, -0.2) is 29.9 Å². The Bertz CT molecular complexity index is 629. The van der Waals surface area contributed by atoms with E-state index in [1.807, 2.05) is 44.1 Å². The van der Waals surface area contributed by atoms with E-state index in [1.54, 1.807) is 24.5 Å².